The summed E-state index contributed by atoms with van der Waals surface area (Å²) in [5, 5.41) is 24.4. The van der Waals surface area contributed by atoms with Crippen molar-refractivity contribution in [1.29, 1.82) is 0 Å². The average Bonchev–Trinajstić information content (AvgIpc) is 2.92. The molecular formula is C30H33N3O5. The van der Waals surface area contributed by atoms with Crippen LogP contribution in [0.15, 0.2) is 60.7 Å². The van der Waals surface area contributed by atoms with Gasteiger partial charge in [-0.15, -0.1) is 0 Å². The van der Waals surface area contributed by atoms with Gasteiger partial charge in [0.05, 0.1) is 0 Å². The fourth-order valence-corrected chi connectivity index (χ4v) is 5.26. The molecule has 3 aromatic carbocycles. The number of rotatable bonds is 6. The Labute approximate surface area is 222 Å². The number of phenols is 2. The number of hydrogen-bond acceptors (Lipinski definition) is 6. The van der Waals surface area contributed by atoms with Crippen LogP contribution in [-0.2, 0) is 24.4 Å². The number of hydrogen-bond donors (Lipinski definition) is 3. The highest BCUT2D eigenvalue weighted by atomic mass is 16.5. The zero-order valence-electron chi connectivity index (χ0n) is 21.5. The Bertz CT molecular complexity index is 1320. The molecule has 3 aromatic rings. The second-order valence-corrected chi connectivity index (χ2v) is 9.96. The van der Waals surface area contributed by atoms with Crippen molar-refractivity contribution in [1.82, 2.24) is 9.80 Å². The van der Waals surface area contributed by atoms with Gasteiger partial charge in [0.1, 0.15) is 29.4 Å². The van der Waals surface area contributed by atoms with E-state index in [2.05, 4.69) is 11.4 Å². The van der Waals surface area contributed by atoms with Gasteiger partial charge in [0, 0.05) is 57.0 Å². The van der Waals surface area contributed by atoms with Crippen LogP contribution in [0, 0.1) is 0 Å². The van der Waals surface area contributed by atoms with E-state index in [1.807, 2.05) is 47.4 Å². The molecule has 8 nitrogen and oxygen atoms in total. The topological polar surface area (TPSA) is 102 Å². The van der Waals surface area contributed by atoms with Gasteiger partial charge >= 0.3 is 0 Å². The molecule has 0 aliphatic carbocycles. The molecule has 0 saturated carbocycles. The predicted octanol–water partition coefficient (Wildman–Crippen LogP) is 4.30. The molecule has 1 saturated heterocycles. The number of fused-ring (bicyclic) bond motifs is 1. The van der Waals surface area contributed by atoms with Crippen molar-refractivity contribution < 1.29 is 24.5 Å². The maximum absolute atomic E-state index is 13.7. The number of nitrogens with one attached hydrogen (secondary N) is 1. The molecule has 2 heterocycles. The fraction of sp³-hybridized carbons (Fsp3) is 0.333. The molecule has 1 fully saturated rings. The number of likely N-dealkylation sites (tertiary alicyclic amines) is 1. The number of nitrogens with zero attached hydrogens (tertiary/aromatic N) is 2. The summed E-state index contributed by atoms with van der Waals surface area (Å²) in [5.74, 6) is -0.577. The van der Waals surface area contributed by atoms with E-state index in [1.165, 1.54) is 17.7 Å². The Morgan fingerprint density at radius 1 is 0.974 bits per heavy atom. The van der Waals surface area contributed by atoms with Gasteiger partial charge in [0.25, 0.3) is 5.91 Å². The molecule has 0 unspecified atom stereocenters. The molecule has 2 aliphatic heterocycles. The predicted molar refractivity (Wildman–Crippen MR) is 144 cm³/mol. The Hall–Kier alpha value is -4.20. The summed E-state index contributed by atoms with van der Waals surface area (Å²) in [5.41, 5.74) is 4.20. The van der Waals surface area contributed by atoms with Crippen molar-refractivity contribution in [3.63, 3.8) is 0 Å². The monoisotopic (exact) mass is 515 g/mol. The van der Waals surface area contributed by atoms with Crippen LogP contribution < -0.4 is 10.1 Å². The summed E-state index contributed by atoms with van der Waals surface area (Å²) >= 11 is 0. The molecule has 0 atom stereocenters. The molecule has 0 spiro atoms. The van der Waals surface area contributed by atoms with Crippen LogP contribution in [0.2, 0.25) is 0 Å². The molecule has 198 valence electrons. The van der Waals surface area contributed by atoms with E-state index in [9.17, 15) is 19.8 Å². The molecular weight excluding hydrogens is 482 g/mol. The summed E-state index contributed by atoms with van der Waals surface area (Å²) in [4.78, 5) is 29.0. The molecule has 2 amide bonds. The highest BCUT2D eigenvalue weighted by Crippen LogP contribution is 2.36. The van der Waals surface area contributed by atoms with Gasteiger partial charge in [0.2, 0.25) is 5.91 Å². The van der Waals surface area contributed by atoms with Crippen molar-refractivity contribution in [3.05, 3.63) is 82.9 Å². The second kappa shape index (κ2) is 11.0. The Kier molecular flexibility index (Phi) is 7.40. The van der Waals surface area contributed by atoms with Crippen LogP contribution in [0.3, 0.4) is 0 Å². The van der Waals surface area contributed by atoms with Gasteiger partial charge in [-0.1, -0.05) is 42.5 Å². The van der Waals surface area contributed by atoms with Crippen molar-refractivity contribution in [2.75, 3.05) is 25.0 Å². The van der Waals surface area contributed by atoms with Crippen molar-refractivity contribution >= 4 is 17.5 Å². The van der Waals surface area contributed by atoms with Crippen LogP contribution in [0.4, 0.5) is 5.69 Å². The van der Waals surface area contributed by atoms with E-state index in [0.29, 0.717) is 19.5 Å². The third-order valence-electron chi connectivity index (χ3n) is 7.38. The van der Waals surface area contributed by atoms with E-state index in [-0.39, 0.29) is 47.3 Å². The molecule has 0 radical (unpaired) electrons. The Morgan fingerprint density at radius 2 is 1.74 bits per heavy atom. The SMILES string of the molecule is CC(=O)N1CCC(Nc2cccc3c2CN(C(=O)c2c(O)cc(O)cc2OCc2ccccc2)CC3)CC1. The number of carbonyl (C=O) groups excluding carboxylic acids is 2. The summed E-state index contributed by atoms with van der Waals surface area (Å²) in [6.07, 6.45) is 2.43. The van der Waals surface area contributed by atoms with E-state index < -0.39 is 0 Å². The van der Waals surface area contributed by atoms with Gasteiger partial charge in [-0.05, 0) is 42.0 Å². The Morgan fingerprint density at radius 3 is 2.47 bits per heavy atom. The maximum Gasteiger partial charge on any atom is 0.261 e. The van der Waals surface area contributed by atoms with Gasteiger partial charge in [-0.25, -0.2) is 0 Å². The zero-order chi connectivity index (χ0) is 26.6. The summed E-state index contributed by atoms with van der Waals surface area (Å²) in [6, 6.07) is 18.5. The van der Waals surface area contributed by atoms with Crippen LogP contribution in [-0.4, -0.2) is 57.5 Å². The maximum atomic E-state index is 13.7. The number of ether oxygens (including phenoxy) is 1. The van der Waals surface area contributed by atoms with Crippen molar-refractivity contribution in [3.8, 4) is 17.2 Å². The largest absolute Gasteiger partial charge is 0.508 e. The third-order valence-corrected chi connectivity index (χ3v) is 7.38. The van der Waals surface area contributed by atoms with Crippen LogP contribution in [0.25, 0.3) is 0 Å². The number of anilines is 1. The minimum Gasteiger partial charge on any atom is -0.508 e. The molecule has 38 heavy (non-hydrogen) atoms. The Balaban J connectivity index is 1.34. The fourth-order valence-electron chi connectivity index (χ4n) is 5.26. The quantitative estimate of drug-likeness (QED) is 0.453. The minimum absolute atomic E-state index is 0.0456. The number of aromatic hydroxyl groups is 2. The molecule has 0 bridgehead atoms. The standard InChI is InChI=1S/C30H33N3O5/c1-20(34)32-14-11-23(12-15-32)31-26-9-5-8-22-10-13-33(18-25(22)26)30(37)29-27(36)16-24(35)17-28(29)38-19-21-6-3-2-4-7-21/h2-9,16-17,23,31,35-36H,10-15,18-19H2,1H3. The van der Waals surface area contributed by atoms with Gasteiger partial charge in [0.15, 0.2) is 0 Å². The number of amides is 2. The number of carbonyl (C=O) groups is 2. The first-order valence-electron chi connectivity index (χ1n) is 13.0. The lowest BCUT2D eigenvalue weighted by molar-refractivity contribution is -0.129. The van der Waals surface area contributed by atoms with E-state index >= 15 is 0 Å². The molecule has 2 aliphatic rings. The molecule has 5 rings (SSSR count). The highest BCUT2D eigenvalue weighted by Gasteiger charge is 2.29. The molecule has 0 aromatic heterocycles. The normalized spacial score (nSPS) is 15.6. The minimum atomic E-state index is -0.346. The van der Waals surface area contributed by atoms with E-state index in [0.717, 1.165) is 42.7 Å². The molecule has 8 heteroatoms. The smallest absolute Gasteiger partial charge is 0.261 e. The van der Waals surface area contributed by atoms with Gasteiger partial charge in [-0.2, -0.15) is 0 Å². The number of piperidine rings is 1. The van der Waals surface area contributed by atoms with Gasteiger partial charge in [-0.3, -0.25) is 9.59 Å². The summed E-state index contributed by atoms with van der Waals surface area (Å²) < 4.78 is 5.91. The van der Waals surface area contributed by atoms with E-state index in [1.54, 1.807) is 11.8 Å². The second-order valence-electron chi connectivity index (χ2n) is 9.96. The summed E-state index contributed by atoms with van der Waals surface area (Å²) in [6.45, 7) is 4.17. The number of phenolic OH excluding ortho intramolecular Hbond substituents is 2. The van der Waals surface area contributed by atoms with E-state index in [4.69, 9.17) is 4.74 Å². The first-order chi connectivity index (χ1) is 18.4. The van der Waals surface area contributed by atoms with Crippen LogP contribution in [0.5, 0.6) is 17.2 Å². The average molecular weight is 516 g/mol. The highest BCUT2D eigenvalue weighted by molar-refractivity contribution is 6.00. The van der Waals surface area contributed by atoms with Crippen LogP contribution >= 0.6 is 0 Å². The lowest BCUT2D eigenvalue weighted by atomic mass is 9.96. The lowest BCUT2D eigenvalue weighted by Crippen LogP contribution is -2.42. The van der Waals surface area contributed by atoms with Crippen molar-refractivity contribution in [2.24, 2.45) is 0 Å². The number of benzene rings is 3. The first kappa shape index (κ1) is 25.4. The molecule has 3 N–H and O–H groups in total. The zero-order valence-corrected chi connectivity index (χ0v) is 21.5. The summed E-state index contributed by atoms with van der Waals surface area (Å²) in [7, 11) is 0. The van der Waals surface area contributed by atoms with Crippen molar-refractivity contribution in [2.45, 2.75) is 45.4 Å². The lowest BCUT2D eigenvalue weighted by Gasteiger charge is -2.35. The first-order valence-corrected chi connectivity index (χ1v) is 13.0. The van der Waals surface area contributed by atoms with Gasteiger partial charge < -0.3 is 30.1 Å². The third kappa shape index (κ3) is 5.54. The van der Waals surface area contributed by atoms with Crippen LogP contribution in [0.1, 0.15) is 46.8 Å².